The van der Waals surface area contributed by atoms with Crippen LogP contribution in [0.25, 0.3) is 11.4 Å². The number of carbonyl (C=O) groups is 1. The Labute approximate surface area is 120 Å². The van der Waals surface area contributed by atoms with Gasteiger partial charge in [0.25, 0.3) is 5.91 Å². The lowest BCUT2D eigenvalue weighted by Gasteiger charge is -2.18. The van der Waals surface area contributed by atoms with Gasteiger partial charge < -0.3 is 10.4 Å². The minimum Gasteiger partial charge on any atom is -0.372 e. The molecule has 0 unspecified atom stereocenters. The van der Waals surface area contributed by atoms with Crippen molar-refractivity contribution in [1.82, 2.24) is 20.3 Å². The number of nitrogens with zero attached hydrogens (tertiary/aromatic N) is 3. The molecule has 20 heavy (non-hydrogen) atoms. The van der Waals surface area contributed by atoms with Gasteiger partial charge in [-0.15, -0.1) is 0 Å². The molecule has 2 heterocycles. The van der Waals surface area contributed by atoms with Crippen LogP contribution in [-0.4, -0.2) is 31.7 Å². The topological polar surface area (TPSA) is 88.0 Å². The number of amides is 1. The zero-order valence-corrected chi connectivity index (χ0v) is 11.7. The minimum atomic E-state index is -1.32. The van der Waals surface area contributed by atoms with Crippen LogP contribution in [0, 0.1) is 0 Å². The molecular weight excluding hydrogens is 280 g/mol. The van der Waals surface area contributed by atoms with Crippen LogP contribution in [0.4, 0.5) is 0 Å². The van der Waals surface area contributed by atoms with E-state index in [4.69, 9.17) is 11.6 Å². The van der Waals surface area contributed by atoms with Crippen molar-refractivity contribution in [2.75, 3.05) is 0 Å². The van der Waals surface area contributed by atoms with Gasteiger partial charge >= 0.3 is 0 Å². The van der Waals surface area contributed by atoms with Crippen LogP contribution in [0.1, 0.15) is 24.3 Å². The van der Waals surface area contributed by atoms with E-state index in [2.05, 4.69) is 20.3 Å². The molecular formula is C13H13ClN4O2. The van der Waals surface area contributed by atoms with Crippen LogP contribution >= 0.6 is 11.6 Å². The monoisotopic (exact) mass is 292 g/mol. The third-order valence-electron chi connectivity index (χ3n) is 2.30. The van der Waals surface area contributed by atoms with Crippen LogP contribution in [-0.2, 0) is 0 Å². The summed E-state index contributed by atoms with van der Waals surface area (Å²) in [5.74, 6) is -0.497. The van der Waals surface area contributed by atoms with Gasteiger partial charge in [0.05, 0.1) is 11.4 Å². The Bertz CT molecular complexity index is 640. The maximum atomic E-state index is 11.9. The predicted octanol–water partition coefficient (Wildman–Crippen LogP) is 1.65. The van der Waals surface area contributed by atoms with Gasteiger partial charge in [0.1, 0.15) is 22.9 Å². The van der Waals surface area contributed by atoms with Crippen LogP contribution in [0.3, 0.4) is 0 Å². The second kappa shape index (κ2) is 5.52. The molecule has 0 atom stereocenters. The number of aromatic nitrogens is 3. The van der Waals surface area contributed by atoms with Gasteiger partial charge in [-0.25, -0.2) is 15.0 Å². The van der Waals surface area contributed by atoms with Gasteiger partial charge in [-0.05, 0) is 32.0 Å². The molecule has 0 saturated heterocycles. The Morgan fingerprint density at radius 1 is 1.30 bits per heavy atom. The van der Waals surface area contributed by atoms with Crippen molar-refractivity contribution in [3.8, 4) is 11.4 Å². The van der Waals surface area contributed by atoms with Crippen molar-refractivity contribution < 1.29 is 9.90 Å². The van der Waals surface area contributed by atoms with Gasteiger partial charge in [0, 0.05) is 0 Å². The first kappa shape index (κ1) is 14.4. The first-order valence-electron chi connectivity index (χ1n) is 5.85. The second-order valence-electron chi connectivity index (χ2n) is 4.65. The standard InChI is InChI=1S/C13H13ClN4O2/c1-13(2,20)18-12(19)10-6-9(15-7-16-10)8-4-3-5-11(14)17-8/h3-7,20H,1-2H3,(H,18,19). The average Bonchev–Trinajstić information content (AvgIpc) is 2.37. The quantitative estimate of drug-likeness (QED) is 0.663. The number of rotatable bonds is 3. The van der Waals surface area contributed by atoms with E-state index in [1.54, 1.807) is 18.2 Å². The van der Waals surface area contributed by atoms with Crippen molar-refractivity contribution in [3.63, 3.8) is 0 Å². The van der Waals surface area contributed by atoms with E-state index in [0.29, 0.717) is 16.5 Å². The summed E-state index contributed by atoms with van der Waals surface area (Å²) in [6, 6.07) is 6.60. The molecule has 2 rings (SSSR count). The van der Waals surface area contributed by atoms with Gasteiger partial charge in [-0.2, -0.15) is 0 Å². The highest BCUT2D eigenvalue weighted by atomic mass is 35.5. The summed E-state index contributed by atoms with van der Waals surface area (Å²) in [4.78, 5) is 23.9. The molecule has 0 saturated carbocycles. The molecule has 0 spiro atoms. The summed E-state index contributed by atoms with van der Waals surface area (Å²) in [6.45, 7) is 2.93. The van der Waals surface area contributed by atoms with Crippen molar-refractivity contribution in [3.05, 3.63) is 41.4 Å². The van der Waals surface area contributed by atoms with Gasteiger partial charge in [-0.3, -0.25) is 4.79 Å². The highest BCUT2D eigenvalue weighted by Gasteiger charge is 2.18. The molecule has 0 aliphatic heterocycles. The summed E-state index contributed by atoms with van der Waals surface area (Å²) < 4.78 is 0. The molecule has 7 heteroatoms. The number of aliphatic hydroxyl groups is 1. The number of hydrogen-bond donors (Lipinski definition) is 2. The molecule has 2 N–H and O–H groups in total. The van der Waals surface area contributed by atoms with Gasteiger partial charge in [0.15, 0.2) is 0 Å². The predicted molar refractivity (Wildman–Crippen MR) is 74.0 cm³/mol. The van der Waals surface area contributed by atoms with E-state index in [1.807, 2.05) is 0 Å². The summed E-state index contributed by atoms with van der Waals surface area (Å²) in [5.41, 5.74) is -0.171. The van der Waals surface area contributed by atoms with E-state index in [0.717, 1.165) is 0 Å². The molecule has 6 nitrogen and oxygen atoms in total. The number of nitrogens with one attached hydrogen (secondary N) is 1. The lowest BCUT2D eigenvalue weighted by atomic mass is 10.2. The normalized spacial score (nSPS) is 11.2. The van der Waals surface area contributed by atoms with Crippen molar-refractivity contribution >= 4 is 17.5 Å². The molecule has 0 radical (unpaired) electrons. The van der Waals surface area contributed by atoms with Crippen molar-refractivity contribution in [2.24, 2.45) is 0 Å². The fourth-order valence-corrected chi connectivity index (χ4v) is 1.68. The fourth-order valence-electron chi connectivity index (χ4n) is 1.51. The van der Waals surface area contributed by atoms with Crippen LogP contribution < -0.4 is 5.32 Å². The lowest BCUT2D eigenvalue weighted by Crippen LogP contribution is -2.43. The third kappa shape index (κ3) is 3.72. The van der Waals surface area contributed by atoms with E-state index >= 15 is 0 Å². The largest absolute Gasteiger partial charge is 0.372 e. The Morgan fingerprint density at radius 2 is 2.05 bits per heavy atom. The molecule has 2 aromatic heterocycles. The van der Waals surface area contributed by atoms with Crippen LogP contribution in [0.5, 0.6) is 0 Å². The van der Waals surface area contributed by atoms with E-state index in [1.165, 1.54) is 26.2 Å². The first-order chi connectivity index (χ1) is 9.35. The SMILES string of the molecule is CC(C)(O)NC(=O)c1cc(-c2cccc(Cl)n2)ncn1. The number of halogens is 1. The van der Waals surface area contributed by atoms with Crippen LogP contribution in [0.15, 0.2) is 30.6 Å². The summed E-state index contributed by atoms with van der Waals surface area (Å²) >= 11 is 5.82. The second-order valence-corrected chi connectivity index (χ2v) is 5.03. The summed E-state index contributed by atoms with van der Waals surface area (Å²) in [5, 5.41) is 12.3. The van der Waals surface area contributed by atoms with Crippen LogP contribution in [0.2, 0.25) is 5.15 Å². The molecule has 104 valence electrons. The zero-order chi connectivity index (χ0) is 14.8. The highest BCUT2D eigenvalue weighted by Crippen LogP contribution is 2.17. The fraction of sp³-hybridized carbons (Fsp3) is 0.231. The Hall–Kier alpha value is -2.05. The molecule has 0 bridgehead atoms. The maximum absolute atomic E-state index is 11.9. The van der Waals surface area contributed by atoms with E-state index in [9.17, 15) is 9.90 Å². The highest BCUT2D eigenvalue weighted by molar-refractivity contribution is 6.29. The Balaban J connectivity index is 2.31. The number of carbonyl (C=O) groups excluding carboxylic acids is 1. The Kier molecular flexibility index (Phi) is 3.96. The lowest BCUT2D eigenvalue weighted by molar-refractivity contribution is 0.0372. The smallest absolute Gasteiger partial charge is 0.272 e. The molecule has 0 aromatic carbocycles. The molecule has 1 amide bonds. The average molecular weight is 293 g/mol. The number of pyridine rings is 1. The minimum absolute atomic E-state index is 0.138. The molecule has 0 fully saturated rings. The summed E-state index contributed by atoms with van der Waals surface area (Å²) in [7, 11) is 0. The van der Waals surface area contributed by atoms with E-state index < -0.39 is 11.6 Å². The molecule has 0 aliphatic rings. The van der Waals surface area contributed by atoms with Crippen molar-refractivity contribution in [2.45, 2.75) is 19.6 Å². The van der Waals surface area contributed by atoms with Crippen molar-refractivity contribution in [1.29, 1.82) is 0 Å². The van der Waals surface area contributed by atoms with Gasteiger partial charge in [0.2, 0.25) is 0 Å². The maximum Gasteiger partial charge on any atom is 0.272 e. The Morgan fingerprint density at radius 3 is 2.70 bits per heavy atom. The van der Waals surface area contributed by atoms with E-state index in [-0.39, 0.29) is 5.69 Å². The van der Waals surface area contributed by atoms with Gasteiger partial charge in [-0.1, -0.05) is 17.7 Å². The molecule has 2 aromatic rings. The first-order valence-corrected chi connectivity index (χ1v) is 6.23. The third-order valence-corrected chi connectivity index (χ3v) is 2.51. The number of hydrogen-bond acceptors (Lipinski definition) is 5. The summed E-state index contributed by atoms with van der Waals surface area (Å²) in [6.07, 6.45) is 1.26. The molecule has 0 aliphatic carbocycles. The zero-order valence-electron chi connectivity index (χ0n) is 11.0.